The first-order valence-electron chi connectivity index (χ1n) is 4.08. The molecule has 13 heavy (non-hydrogen) atoms. The molecule has 0 radical (unpaired) electrons. The van der Waals surface area contributed by atoms with Crippen LogP contribution in [0.5, 0.6) is 0 Å². The third-order valence-corrected chi connectivity index (χ3v) is 3.08. The fourth-order valence-corrected chi connectivity index (χ4v) is 1.75. The van der Waals surface area contributed by atoms with Crippen LogP contribution in [0.2, 0.25) is 0 Å². The lowest BCUT2D eigenvalue weighted by Gasteiger charge is -2.09. The smallest absolute Gasteiger partial charge is 0.140 e. The van der Waals surface area contributed by atoms with Crippen molar-refractivity contribution in [2.75, 3.05) is 0 Å². The van der Waals surface area contributed by atoms with E-state index in [-0.39, 0.29) is 0 Å². The van der Waals surface area contributed by atoms with Gasteiger partial charge in [0.2, 0.25) is 0 Å². The summed E-state index contributed by atoms with van der Waals surface area (Å²) < 4.78 is 0. The second kappa shape index (κ2) is 3.80. The molecule has 0 unspecified atom stereocenters. The number of pyridine rings is 1. The number of hydrogen-bond donors (Lipinski definition) is 0. The lowest BCUT2D eigenvalue weighted by molar-refractivity contribution is 0.980. The Balaban J connectivity index is 3.34. The lowest BCUT2D eigenvalue weighted by atomic mass is 10.1. The fourth-order valence-electron chi connectivity index (χ4n) is 1.18. The summed E-state index contributed by atoms with van der Waals surface area (Å²) in [6, 6.07) is 0. The first-order chi connectivity index (χ1) is 6.07. The standard InChI is InChI=1S/C10H12N2S/c1-6-7(2)9(4)12-10(8(6)3)13-5-11/h1-4H3. The second-order valence-electron chi connectivity index (χ2n) is 3.07. The van der Waals surface area contributed by atoms with E-state index >= 15 is 0 Å². The minimum Gasteiger partial charge on any atom is -0.245 e. The third kappa shape index (κ3) is 1.84. The first-order valence-corrected chi connectivity index (χ1v) is 4.90. The monoisotopic (exact) mass is 192 g/mol. The van der Waals surface area contributed by atoms with E-state index in [2.05, 4.69) is 24.2 Å². The zero-order chi connectivity index (χ0) is 10.0. The Morgan fingerprint density at radius 2 is 1.69 bits per heavy atom. The number of thioether (sulfide) groups is 1. The molecule has 1 rings (SSSR count). The molecule has 1 heterocycles. The number of rotatable bonds is 1. The van der Waals surface area contributed by atoms with Crippen LogP contribution in [0.15, 0.2) is 5.03 Å². The number of aromatic nitrogens is 1. The van der Waals surface area contributed by atoms with E-state index in [0.717, 1.165) is 28.0 Å². The Morgan fingerprint density at radius 3 is 2.23 bits per heavy atom. The quantitative estimate of drug-likeness (QED) is 0.507. The van der Waals surface area contributed by atoms with E-state index < -0.39 is 0 Å². The molecule has 0 saturated carbocycles. The van der Waals surface area contributed by atoms with E-state index in [9.17, 15) is 0 Å². The van der Waals surface area contributed by atoms with E-state index in [1.807, 2.05) is 13.8 Å². The SMILES string of the molecule is Cc1nc(SC#N)c(C)c(C)c1C. The van der Waals surface area contributed by atoms with Gasteiger partial charge in [0.25, 0.3) is 0 Å². The molecule has 0 N–H and O–H groups in total. The summed E-state index contributed by atoms with van der Waals surface area (Å²) in [6.45, 7) is 8.12. The van der Waals surface area contributed by atoms with Crippen LogP contribution >= 0.6 is 11.8 Å². The maximum absolute atomic E-state index is 8.57. The molecule has 0 aliphatic carbocycles. The summed E-state index contributed by atoms with van der Waals surface area (Å²) in [6.07, 6.45) is 0. The van der Waals surface area contributed by atoms with Crippen LogP contribution < -0.4 is 0 Å². The molecule has 0 aromatic carbocycles. The summed E-state index contributed by atoms with van der Waals surface area (Å²) in [5.41, 5.74) is 4.60. The van der Waals surface area contributed by atoms with Gasteiger partial charge in [-0.1, -0.05) is 0 Å². The Morgan fingerprint density at radius 1 is 1.08 bits per heavy atom. The van der Waals surface area contributed by atoms with Crippen molar-refractivity contribution in [1.82, 2.24) is 4.98 Å². The van der Waals surface area contributed by atoms with Crippen molar-refractivity contribution >= 4 is 11.8 Å². The molecule has 0 amide bonds. The zero-order valence-corrected chi connectivity index (χ0v) is 9.12. The van der Waals surface area contributed by atoms with Crippen molar-refractivity contribution in [3.63, 3.8) is 0 Å². The van der Waals surface area contributed by atoms with Gasteiger partial charge in [-0.05, 0) is 44.4 Å². The van der Waals surface area contributed by atoms with Gasteiger partial charge >= 0.3 is 0 Å². The summed E-state index contributed by atoms with van der Waals surface area (Å²) in [5.74, 6) is 0. The molecule has 0 atom stereocenters. The van der Waals surface area contributed by atoms with Crippen LogP contribution in [0.4, 0.5) is 0 Å². The highest BCUT2D eigenvalue weighted by Gasteiger charge is 2.08. The van der Waals surface area contributed by atoms with Crippen molar-refractivity contribution < 1.29 is 0 Å². The van der Waals surface area contributed by atoms with Gasteiger partial charge in [0.1, 0.15) is 10.4 Å². The van der Waals surface area contributed by atoms with Gasteiger partial charge < -0.3 is 0 Å². The van der Waals surface area contributed by atoms with Crippen LogP contribution in [0.25, 0.3) is 0 Å². The maximum atomic E-state index is 8.57. The lowest BCUT2D eigenvalue weighted by Crippen LogP contribution is -1.97. The topological polar surface area (TPSA) is 36.7 Å². The minimum absolute atomic E-state index is 0.836. The van der Waals surface area contributed by atoms with Crippen LogP contribution in [0.1, 0.15) is 22.4 Å². The average molecular weight is 192 g/mol. The van der Waals surface area contributed by atoms with Crippen molar-refractivity contribution in [3.8, 4) is 5.40 Å². The summed E-state index contributed by atoms with van der Waals surface area (Å²) in [5, 5.41) is 11.5. The number of thiocyanates is 1. The summed E-state index contributed by atoms with van der Waals surface area (Å²) >= 11 is 1.13. The van der Waals surface area contributed by atoms with Crippen molar-refractivity contribution in [1.29, 1.82) is 5.26 Å². The Kier molecular flexibility index (Phi) is 2.94. The Bertz CT molecular complexity index is 377. The number of nitriles is 1. The predicted octanol–water partition coefficient (Wildman–Crippen LogP) is 2.89. The Labute approximate surface area is 83.0 Å². The summed E-state index contributed by atoms with van der Waals surface area (Å²) in [4.78, 5) is 4.36. The Hall–Kier alpha value is -1.01. The van der Waals surface area contributed by atoms with Crippen LogP contribution in [0.3, 0.4) is 0 Å². The number of nitrogens with zero attached hydrogens (tertiary/aromatic N) is 2. The van der Waals surface area contributed by atoms with Gasteiger partial charge in [0.15, 0.2) is 0 Å². The zero-order valence-electron chi connectivity index (χ0n) is 8.30. The van der Waals surface area contributed by atoms with Gasteiger partial charge in [-0.25, -0.2) is 4.98 Å². The first kappa shape index (κ1) is 10.1. The molecule has 0 fully saturated rings. The molecule has 3 heteroatoms. The molecule has 0 spiro atoms. The van der Waals surface area contributed by atoms with Crippen LogP contribution in [0, 0.1) is 38.4 Å². The van der Waals surface area contributed by atoms with Gasteiger partial charge in [0, 0.05) is 17.5 Å². The van der Waals surface area contributed by atoms with Crippen molar-refractivity contribution in [2.45, 2.75) is 32.7 Å². The van der Waals surface area contributed by atoms with E-state index in [1.165, 1.54) is 11.1 Å². The van der Waals surface area contributed by atoms with Gasteiger partial charge in [-0.15, -0.1) is 0 Å². The third-order valence-electron chi connectivity index (χ3n) is 2.40. The summed E-state index contributed by atoms with van der Waals surface area (Å²) in [7, 11) is 0. The van der Waals surface area contributed by atoms with Crippen LogP contribution in [-0.2, 0) is 0 Å². The molecule has 0 bridgehead atoms. The maximum Gasteiger partial charge on any atom is 0.140 e. The van der Waals surface area contributed by atoms with Crippen molar-refractivity contribution in [2.24, 2.45) is 0 Å². The normalized spacial score (nSPS) is 9.77. The minimum atomic E-state index is 0.836. The highest BCUT2D eigenvalue weighted by molar-refractivity contribution is 8.03. The molecule has 0 saturated heterocycles. The van der Waals surface area contributed by atoms with E-state index in [1.54, 1.807) is 0 Å². The fraction of sp³-hybridized carbons (Fsp3) is 0.400. The van der Waals surface area contributed by atoms with Gasteiger partial charge in [-0.2, -0.15) is 5.26 Å². The van der Waals surface area contributed by atoms with Gasteiger partial charge in [0.05, 0.1) is 0 Å². The molecule has 68 valence electrons. The molecule has 2 nitrogen and oxygen atoms in total. The molecule has 1 aromatic heterocycles. The van der Waals surface area contributed by atoms with E-state index in [4.69, 9.17) is 5.26 Å². The highest BCUT2D eigenvalue weighted by Crippen LogP contribution is 2.24. The molecule has 1 aromatic rings. The largest absolute Gasteiger partial charge is 0.245 e. The number of aryl methyl sites for hydroxylation is 1. The molecular formula is C10H12N2S. The molecule has 0 aliphatic heterocycles. The molecular weight excluding hydrogens is 180 g/mol. The average Bonchev–Trinajstić information content (AvgIpc) is 2.11. The van der Waals surface area contributed by atoms with Gasteiger partial charge in [-0.3, -0.25) is 0 Å². The van der Waals surface area contributed by atoms with Crippen molar-refractivity contribution in [3.05, 3.63) is 22.4 Å². The molecule has 0 aliphatic rings. The number of hydrogen-bond acceptors (Lipinski definition) is 3. The predicted molar refractivity (Wildman–Crippen MR) is 54.7 cm³/mol. The van der Waals surface area contributed by atoms with Crippen LogP contribution in [-0.4, -0.2) is 4.98 Å². The highest BCUT2D eigenvalue weighted by atomic mass is 32.2. The second-order valence-corrected chi connectivity index (χ2v) is 3.84. The van der Waals surface area contributed by atoms with E-state index in [0.29, 0.717) is 0 Å².